The molecule has 0 saturated carbocycles. The first-order valence-corrected chi connectivity index (χ1v) is 15.0. The molecule has 5 rings (SSSR count). The van der Waals surface area contributed by atoms with Gasteiger partial charge in [0.1, 0.15) is 17.4 Å². The number of nitrogens with zero attached hydrogens (tertiary/aromatic N) is 4. The van der Waals surface area contributed by atoms with E-state index in [0.717, 1.165) is 33.7 Å². The van der Waals surface area contributed by atoms with Gasteiger partial charge in [-0.1, -0.05) is 45.0 Å². The molecule has 1 atom stereocenters. The number of sulfonamides is 1. The molecule has 210 valence electrons. The highest BCUT2D eigenvalue weighted by atomic mass is 32.2. The van der Waals surface area contributed by atoms with Gasteiger partial charge < -0.3 is 10.1 Å². The Hall–Kier alpha value is -3.53. The van der Waals surface area contributed by atoms with Gasteiger partial charge in [-0.05, 0) is 66.4 Å². The van der Waals surface area contributed by atoms with Crippen LogP contribution in [-0.2, 0) is 15.4 Å². The number of benzene rings is 3. The predicted molar refractivity (Wildman–Crippen MR) is 160 cm³/mol. The number of nitrogens with one attached hydrogen (secondary N) is 1. The summed E-state index contributed by atoms with van der Waals surface area (Å²) in [5.74, 6) is 2.22. The smallest absolute Gasteiger partial charge is 0.243 e. The van der Waals surface area contributed by atoms with Crippen molar-refractivity contribution in [1.82, 2.24) is 19.2 Å². The lowest BCUT2D eigenvalue weighted by atomic mass is 9.87. The van der Waals surface area contributed by atoms with Crippen LogP contribution in [-0.4, -0.2) is 60.9 Å². The number of piperazine rings is 1. The average Bonchev–Trinajstić information content (AvgIpc) is 2.97. The van der Waals surface area contributed by atoms with Crippen LogP contribution in [0.5, 0.6) is 5.75 Å². The van der Waals surface area contributed by atoms with Crippen molar-refractivity contribution >= 4 is 32.4 Å². The Morgan fingerprint density at radius 3 is 2.15 bits per heavy atom. The van der Waals surface area contributed by atoms with Crippen LogP contribution in [0.3, 0.4) is 0 Å². The molecule has 2 heterocycles. The molecule has 0 spiro atoms. The van der Waals surface area contributed by atoms with Gasteiger partial charge in [0.25, 0.3) is 0 Å². The Bertz CT molecular complexity index is 1570. The van der Waals surface area contributed by atoms with Gasteiger partial charge in [0.05, 0.1) is 23.6 Å². The first-order valence-electron chi connectivity index (χ1n) is 13.6. The van der Waals surface area contributed by atoms with Crippen molar-refractivity contribution in [2.75, 3.05) is 38.6 Å². The van der Waals surface area contributed by atoms with E-state index in [9.17, 15) is 8.42 Å². The molecule has 1 saturated heterocycles. The normalized spacial score (nSPS) is 16.1. The van der Waals surface area contributed by atoms with Crippen LogP contribution >= 0.6 is 0 Å². The van der Waals surface area contributed by atoms with Crippen molar-refractivity contribution in [3.05, 3.63) is 84.2 Å². The zero-order valence-electron chi connectivity index (χ0n) is 23.8. The maximum atomic E-state index is 13.4. The number of methoxy groups -OCH3 is 1. The number of fused-ring (bicyclic) bond motifs is 1. The number of ether oxygens (including phenoxy) is 1. The number of hydrogen-bond acceptors (Lipinski definition) is 7. The van der Waals surface area contributed by atoms with Crippen LogP contribution in [0, 0.1) is 0 Å². The van der Waals surface area contributed by atoms with Crippen LogP contribution in [0.25, 0.3) is 10.9 Å². The van der Waals surface area contributed by atoms with Crippen molar-refractivity contribution in [2.24, 2.45) is 0 Å². The third-order valence-corrected chi connectivity index (χ3v) is 9.44. The van der Waals surface area contributed by atoms with Crippen LogP contribution in [0.2, 0.25) is 0 Å². The minimum Gasteiger partial charge on any atom is -0.497 e. The molecule has 0 bridgehead atoms. The molecule has 9 heteroatoms. The van der Waals surface area contributed by atoms with Crippen LogP contribution < -0.4 is 10.1 Å². The molecule has 1 N–H and O–H groups in total. The van der Waals surface area contributed by atoms with E-state index in [1.165, 1.54) is 0 Å². The summed E-state index contributed by atoms with van der Waals surface area (Å²) in [5, 5.41) is 4.37. The monoisotopic (exact) mass is 559 g/mol. The van der Waals surface area contributed by atoms with Crippen LogP contribution in [0.15, 0.2) is 77.7 Å². The lowest BCUT2D eigenvalue weighted by Gasteiger charge is -2.37. The van der Waals surface area contributed by atoms with Crippen molar-refractivity contribution < 1.29 is 13.2 Å². The average molecular weight is 560 g/mol. The van der Waals surface area contributed by atoms with Gasteiger partial charge in [-0.25, -0.2) is 18.4 Å². The third kappa shape index (κ3) is 5.82. The minimum absolute atomic E-state index is 0.0289. The summed E-state index contributed by atoms with van der Waals surface area (Å²) < 4.78 is 33.6. The maximum absolute atomic E-state index is 13.4. The zero-order valence-corrected chi connectivity index (χ0v) is 24.6. The first kappa shape index (κ1) is 28.0. The molecular formula is C31H37N5O3S. The van der Waals surface area contributed by atoms with Gasteiger partial charge in [-0.3, -0.25) is 4.90 Å². The highest BCUT2D eigenvalue weighted by Crippen LogP contribution is 2.30. The van der Waals surface area contributed by atoms with Crippen molar-refractivity contribution in [2.45, 2.75) is 44.0 Å². The number of hydrogen-bond donors (Lipinski definition) is 1. The Kier molecular flexibility index (Phi) is 7.81. The van der Waals surface area contributed by atoms with E-state index in [1.54, 1.807) is 23.5 Å². The molecule has 4 aromatic rings. The summed E-state index contributed by atoms with van der Waals surface area (Å²) in [5.41, 5.74) is 2.84. The topological polar surface area (TPSA) is 87.7 Å². The van der Waals surface area contributed by atoms with Crippen LogP contribution in [0.4, 0.5) is 11.5 Å². The highest BCUT2D eigenvalue weighted by Gasteiger charge is 2.31. The quantitative estimate of drug-likeness (QED) is 0.309. The number of aromatic nitrogens is 2. The largest absolute Gasteiger partial charge is 0.497 e. The summed E-state index contributed by atoms with van der Waals surface area (Å²) in [6.07, 6.45) is 0. The predicted octanol–water partition coefficient (Wildman–Crippen LogP) is 5.75. The zero-order chi connectivity index (χ0) is 28.5. The minimum atomic E-state index is -3.56. The summed E-state index contributed by atoms with van der Waals surface area (Å²) in [6.45, 7) is 10.5. The molecule has 1 fully saturated rings. The van der Waals surface area contributed by atoms with Gasteiger partial charge in [0.15, 0.2) is 0 Å². The van der Waals surface area contributed by atoms with Crippen LogP contribution in [0.1, 0.15) is 45.1 Å². The van der Waals surface area contributed by atoms with Crippen molar-refractivity contribution in [3.8, 4) is 5.75 Å². The number of rotatable bonds is 7. The molecule has 40 heavy (non-hydrogen) atoms. The Morgan fingerprint density at radius 1 is 0.875 bits per heavy atom. The van der Waals surface area contributed by atoms with E-state index < -0.39 is 10.0 Å². The highest BCUT2D eigenvalue weighted by molar-refractivity contribution is 7.89. The first-order chi connectivity index (χ1) is 19.1. The summed E-state index contributed by atoms with van der Waals surface area (Å²) in [6, 6.07) is 22.9. The standard InChI is InChI=1S/C31H37N5O3S/c1-22(35-18-20-36(21-19-35)40(37,38)26-16-10-23(11-17-26)31(2,3)4)29-33-28-9-7-6-8-27(28)30(34-29)32-24-12-14-25(39-5)15-13-24/h6-17,22H,18-21H2,1-5H3,(H,32,33,34)/t22-/m0/s1. The SMILES string of the molecule is COc1ccc(Nc2nc([C@H](C)N3CCN(S(=O)(=O)c4ccc(C(C)(C)C)cc4)CC3)nc3ccccc23)cc1. The summed E-state index contributed by atoms with van der Waals surface area (Å²) in [7, 11) is -1.91. The van der Waals surface area contributed by atoms with Gasteiger partial charge >= 0.3 is 0 Å². The van der Waals surface area contributed by atoms with E-state index in [-0.39, 0.29) is 11.5 Å². The molecule has 0 unspecified atom stereocenters. The number of para-hydroxylation sites is 1. The Labute approximate surface area is 237 Å². The summed E-state index contributed by atoms with van der Waals surface area (Å²) in [4.78, 5) is 12.4. The fourth-order valence-corrected chi connectivity index (χ4v) is 6.38. The molecule has 1 aromatic heterocycles. The molecule has 8 nitrogen and oxygen atoms in total. The number of anilines is 2. The van der Waals surface area contributed by atoms with E-state index in [1.807, 2.05) is 60.7 Å². The van der Waals surface area contributed by atoms with Gasteiger partial charge in [-0.2, -0.15) is 4.31 Å². The molecule has 0 aliphatic carbocycles. The van der Waals surface area contributed by atoms with Gasteiger partial charge in [-0.15, -0.1) is 0 Å². The Morgan fingerprint density at radius 2 is 1.52 bits per heavy atom. The second-order valence-electron chi connectivity index (χ2n) is 11.2. The summed E-state index contributed by atoms with van der Waals surface area (Å²) >= 11 is 0. The lowest BCUT2D eigenvalue weighted by molar-refractivity contribution is 0.141. The maximum Gasteiger partial charge on any atom is 0.243 e. The molecule has 1 aliphatic rings. The fraction of sp³-hybridized carbons (Fsp3) is 0.355. The van der Waals surface area contributed by atoms with E-state index >= 15 is 0 Å². The third-order valence-electron chi connectivity index (χ3n) is 7.53. The molecule has 0 amide bonds. The van der Waals surface area contributed by atoms with Gasteiger partial charge in [0, 0.05) is 37.3 Å². The molecule has 3 aromatic carbocycles. The van der Waals surface area contributed by atoms with Crippen molar-refractivity contribution in [1.29, 1.82) is 0 Å². The lowest BCUT2D eigenvalue weighted by Crippen LogP contribution is -2.49. The second kappa shape index (κ2) is 11.2. The van der Waals surface area contributed by atoms with E-state index in [0.29, 0.717) is 36.9 Å². The molecule has 1 aliphatic heterocycles. The second-order valence-corrected chi connectivity index (χ2v) is 13.1. The Balaban J connectivity index is 1.32. The van der Waals surface area contributed by atoms with Crippen molar-refractivity contribution in [3.63, 3.8) is 0 Å². The molecule has 0 radical (unpaired) electrons. The van der Waals surface area contributed by atoms with E-state index in [2.05, 4.69) is 37.9 Å². The fourth-order valence-electron chi connectivity index (χ4n) is 4.96. The van der Waals surface area contributed by atoms with Gasteiger partial charge in [0.2, 0.25) is 10.0 Å². The van der Waals surface area contributed by atoms with E-state index in [4.69, 9.17) is 14.7 Å². The molecular weight excluding hydrogens is 522 g/mol.